The molecule has 14 heteroatoms. The van der Waals surface area contributed by atoms with Gasteiger partial charge in [0.15, 0.2) is 5.69 Å². The van der Waals surface area contributed by atoms with Crippen molar-refractivity contribution in [2.24, 2.45) is 0 Å². The van der Waals surface area contributed by atoms with Gasteiger partial charge in [0.1, 0.15) is 18.1 Å². The molecule has 0 saturated carbocycles. The molecule has 1 aliphatic rings. The molecule has 2 N–H and O–H groups in total. The second kappa shape index (κ2) is 8.10. The number of halogens is 6. The average molecular weight is 472 g/mol. The van der Waals surface area contributed by atoms with Crippen LogP contribution in [0, 0.1) is 0 Å². The molecule has 4 rings (SSSR count). The number of amides is 1. The Balaban J connectivity index is 1.67. The fourth-order valence-corrected chi connectivity index (χ4v) is 3.36. The van der Waals surface area contributed by atoms with Gasteiger partial charge in [0, 0.05) is 10.9 Å². The molecule has 0 bridgehead atoms. The Morgan fingerprint density at radius 2 is 1.82 bits per heavy atom. The summed E-state index contributed by atoms with van der Waals surface area (Å²) in [6.07, 6.45) is -8.33. The topological polar surface area (TPSA) is 107 Å². The summed E-state index contributed by atoms with van der Waals surface area (Å²) in [6, 6.07) is 2.73. The van der Waals surface area contributed by atoms with E-state index in [2.05, 4.69) is 20.2 Å². The van der Waals surface area contributed by atoms with Crippen LogP contribution < -0.4 is 5.73 Å². The number of pyridine rings is 2. The zero-order valence-electron chi connectivity index (χ0n) is 16.5. The lowest BCUT2D eigenvalue weighted by Crippen LogP contribution is -2.39. The molecule has 1 amide bonds. The van der Waals surface area contributed by atoms with E-state index in [1.165, 1.54) is 12.3 Å². The number of nitrogens with two attached hydrogens (primary N) is 1. The van der Waals surface area contributed by atoms with E-state index >= 15 is 0 Å². The Kier molecular flexibility index (Phi) is 5.56. The minimum absolute atomic E-state index is 0.184. The highest BCUT2D eigenvalue weighted by Gasteiger charge is 2.35. The maximum atomic E-state index is 13.1. The number of rotatable bonds is 4. The first-order chi connectivity index (χ1) is 15.4. The normalized spacial score (nSPS) is 13.9. The van der Waals surface area contributed by atoms with Crippen LogP contribution >= 0.6 is 0 Å². The summed E-state index contributed by atoms with van der Waals surface area (Å²) in [5.74, 6) is -0.865. The van der Waals surface area contributed by atoms with Crippen molar-refractivity contribution in [3.05, 3.63) is 52.6 Å². The molecule has 4 heterocycles. The third-order valence-corrected chi connectivity index (χ3v) is 4.85. The highest BCUT2D eigenvalue weighted by atomic mass is 19.4. The molecule has 1 aliphatic heterocycles. The number of nitrogen functional groups attached to an aromatic ring is 1. The van der Waals surface area contributed by atoms with Crippen molar-refractivity contribution < 1.29 is 35.9 Å². The molecule has 0 radical (unpaired) electrons. The number of carbonyl (C=O) groups is 1. The maximum Gasteiger partial charge on any atom is 0.435 e. The molecule has 8 nitrogen and oxygen atoms in total. The Morgan fingerprint density at radius 1 is 1.09 bits per heavy atom. The van der Waals surface area contributed by atoms with Gasteiger partial charge in [-0.15, -0.1) is 5.10 Å². The largest absolute Gasteiger partial charge is 0.435 e. The van der Waals surface area contributed by atoms with E-state index in [9.17, 15) is 31.1 Å². The zero-order chi connectivity index (χ0) is 24.0. The summed E-state index contributed by atoms with van der Waals surface area (Å²) in [5.41, 5.74) is 5.62. The lowest BCUT2D eigenvalue weighted by molar-refractivity contribution is -0.141. The fraction of sp³-hybridized carbons (Fsp3) is 0.316. The molecule has 0 aliphatic carbocycles. The smallest absolute Gasteiger partial charge is 0.383 e. The first-order valence-corrected chi connectivity index (χ1v) is 9.33. The molecule has 0 saturated heterocycles. The average Bonchev–Trinajstić information content (AvgIpc) is 3.22. The molecule has 0 aromatic carbocycles. The van der Waals surface area contributed by atoms with Crippen molar-refractivity contribution in [3.8, 4) is 0 Å². The van der Waals surface area contributed by atoms with Gasteiger partial charge in [-0.1, -0.05) is 0 Å². The van der Waals surface area contributed by atoms with Crippen LogP contribution in [-0.2, 0) is 30.7 Å². The summed E-state index contributed by atoms with van der Waals surface area (Å²) < 4.78 is 82.7. The fourth-order valence-electron chi connectivity index (χ4n) is 3.36. The predicted octanol–water partition coefficient (Wildman–Crippen LogP) is 3.26. The minimum Gasteiger partial charge on any atom is -0.383 e. The van der Waals surface area contributed by atoms with Gasteiger partial charge < -0.3 is 15.4 Å². The Labute approximate surface area is 181 Å². The highest BCUT2D eigenvalue weighted by molar-refractivity contribution is 5.97. The van der Waals surface area contributed by atoms with Crippen LogP contribution in [0.5, 0.6) is 0 Å². The van der Waals surface area contributed by atoms with Gasteiger partial charge in [0.2, 0.25) is 0 Å². The van der Waals surface area contributed by atoms with E-state index in [0.717, 1.165) is 6.07 Å². The molecule has 0 atom stereocenters. The Bertz CT molecular complexity index is 1210. The van der Waals surface area contributed by atoms with Crippen LogP contribution in [0.3, 0.4) is 0 Å². The summed E-state index contributed by atoms with van der Waals surface area (Å²) >= 11 is 0. The van der Waals surface area contributed by atoms with Crippen LogP contribution in [0.25, 0.3) is 10.9 Å². The Hall–Kier alpha value is -3.55. The van der Waals surface area contributed by atoms with E-state index in [-0.39, 0.29) is 30.4 Å². The molecule has 0 fully saturated rings. The third kappa shape index (κ3) is 4.79. The van der Waals surface area contributed by atoms with E-state index in [0.29, 0.717) is 33.0 Å². The second-order valence-corrected chi connectivity index (χ2v) is 7.22. The quantitative estimate of drug-likeness (QED) is 0.581. The first kappa shape index (κ1) is 22.6. The van der Waals surface area contributed by atoms with Gasteiger partial charge in [0.05, 0.1) is 37.2 Å². The number of carbonyl (C=O) groups excluding carboxylic acids is 1. The number of aromatic nitrogens is 4. The van der Waals surface area contributed by atoms with Crippen LogP contribution in [-0.4, -0.2) is 43.7 Å². The number of alkyl halides is 6. The summed E-state index contributed by atoms with van der Waals surface area (Å²) in [6.45, 7) is -2.01. The maximum absolute atomic E-state index is 13.1. The van der Waals surface area contributed by atoms with Crippen molar-refractivity contribution in [1.82, 2.24) is 25.1 Å². The number of nitrogens with zero attached hydrogens (tertiary/aromatic N) is 5. The number of hydrogen-bond donors (Lipinski definition) is 1. The molecular formula is C19H14F6N6O2. The highest BCUT2D eigenvalue weighted by Crippen LogP contribution is 2.31. The monoisotopic (exact) mass is 472 g/mol. The molecular weight excluding hydrogens is 458 g/mol. The number of ether oxygens (including phenoxy) is 1. The van der Waals surface area contributed by atoms with Gasteiger partial charge in [0.25, 0.3) is 5.91 Å². The molecule has 33 heavy (non-hydrogen) atoms. The van der Waals surface area contributed by atoms with Crippen molar-refractivity contribution >= 4 is 22.6 Å². The molecule has 0 spiro atoms. The SMILES string of the molecule is Nc1nc2cnc(C(=O)N(Cc3ccc(C(F)(F)F)nn3)CC(F)(F)F)cc2c2c1COC2. The number of fused-ring (bicyclic) bond motifs is 3. The van der Waals surface area contributed by atoms with Gasteiger partial charge in [-0.05, 0) is 23.8 Å². The lowest BCUT2D eigenvalue weighted by Gasteiger charge is -2.23. The van der Waals surface area contributed by atoms with Gasteiger partial charge >= 0.3 is 12.4 Å². The summed E-state index contributed by atoms with van der Waals surface area (Å²) in [5, 5.41) is 6.74. The van der Waals surface area contributed by atoms with Crippen molar-refractivity contribution in [2.75, 3.05) is 12.3 Å². The summed E-state index contributed by atoms with van der Waals surface area (Å²) in [4.78, 5) is 21.4. The number of anilines is 1. The second-order valence-electron chi connectivity index (χ2n) is 7.22. The van der Waals surface area contributed by atoms with Crippen molar-refractivity contribution in [2.45, 2.75) is 32.1 Å². The van der Waals surface area contributed by atoms with Crippen molar-refractivity contribution in [3.63, 3.8) is 0 Å². The third-order valence-electron chi connectivity index (χ3n) is 4.85. The van der Waals surface area contributed by atoms with Crippen LogP contribution in [0.1, 0.15) is 33.0 Å². The first-order valence-electron chi connectivity index (χ1n) is 9.33. The number of hydrogen-bond acceptors (Lipinski definition) is 7. The van der Waals surface area contributed by atoms with Crippen LogP contribution in [0.2, 0.25) is 0 Å². The van der Waals surface area contributed by atoms with E-state index in [1.54, 1.807) is 0 Å². The standard InChI is InChI=1S/C19H14F6N6O2/c20-18(21,22)8-31(5-9-1-2-15(30-29-9)19(23,24)25)17(32)13-3-10-11-6-33-7-12(11)16(26)28-14(10)4-27-13/h1-4H,5-8H2,(H2,26,28). The van der Waals surface area contributed by atoms with Crippen molar-refractivity contribution in [1.29, 1.82) is 0 Å². The lowest BCUT2D eigenvalue weighted by atomic mass is 10.1. The van der Waals surface area contributed by atoms with Gasteiger partial charge in [-0.3, -0.25) is 4.79 Å². The minimum atomic E-state index is -4.78. The van der Waals surface area contributed by atoms with E-state index in [4.69, 9.17) is 10.5 Å². The van der Waals surface area contributed by atoms with E-state index < -0.39 is 37.0 Å². The molecule has 174 valence electrons. The zero-order valence-corrected chi connectivity index (χ0v) is 16.5. The van der Waals surface area contributed by atoms with Crippen LogP contribution in [0.15, 0.2) is 24.4 Å². The molecule has 3 aromatic heterocycles. The Morgan fingerprint density at radius 3 is 2.45 bits per heavy atom. The molecule has 0 unspecified atom stereocenters. The predicted molar refractivity (Wildman–Crippen MR) is 100 cm³/mol. The van der Waals surface area contributed by atoms with Gasteiger partial charge in [-0.25, -0.2) is 9.97 Å². The van der Waals surface area contributed by atoms with E-state index in [1.807, 2.05) is 0 Å². The van der Waals surface area contributed by atoms with Crippen LogP contribution in [0.4, 0.5) is 32.2 Å². The molecule has 3 aromatic rings. The van der Waals surface area contributed by atoms with Gasteiger partial charge in [-0.2, -0.15) is 31.4 Å². The summed E-state index contributed by atoms with van der Waals surface area (Å²) in [7, 11) is 0.